The first-order valence-electron chi connectivity index (χ1n) is 28.2. The van der Waals surface area contributed by atoms with Gasteiger partial charge in [0, 0.05) is 19.3 Å². The Bertz CT molecular complexity index is 1240. The molecule has 400 valence electrons. The lowest BCUT2D eigenvalue weighted by Gasteiger charge is -2.21. The molecule has 0 bridgehead atoms. The Morgan fingerprint density at radius 2 is 0.750 bits per heavy atom. The third-order valence-electron chi connectivity index (χ3n) is 12.4. The van der Waals surface area contributed by atoms with E-state index in [1.807, 2.05) is 0 Å². The molecule has 3 atom stereocenters. The summed E-state index contributed by atoms with van der Waals surface area (Å²) < 4.78 is 39.4. The Labute approximate surface area is 417 Å². The molecule has 0 fully saturated rings. The van der Waals surface area contributed by atoms with Crippen molar-refractivity contribution in [1.29, 1.82) is 0 Å². The molecule has 3 unspecified atom stereocenters. The minimum atomic E-state index is -4.74. The van der Waals surface area contributed by atoms with Crippen LogP contribution in [0.4, 0.5) is 0 Å². The van der Waals surface area contributed by atoms with E-state index >= 15 is 0 Å². The minimum absolute atomic E-state index is 0.172. The van der Waals surface area contributed by atoms with E-state index in [1.165, 1.54) is 135 Å². The molecule has 12 heteroatoms. The summed E-state index contributed by atoms with van der Waals surface area (Å²) in [5, 5.41) is 9.78. The number of allylic oxidation sites excluding steroid dienone is 4. The van der Waals surface area contributed by atoms with Crippen molar-refractivity contribution in [3.05, 3.63) is 24.3 Å². The van der Waals surface area contributed by atoms with Crippen LogP contribution in [0, 0.1) is 0 Å². The number of hydrogen-bond donors (Lipinski definition) is 2. The zero-order chi connectivity index (χ0) is 49.9. The number of unbranched alkanes of at least 4 members (excludes halogenated alkanes) is 32. The largest absolute Gasteiger partial charge is 0.472 e. The highest BCUT2D eigenvalue weighted by Crippen LogP contribution is 2.43. The highest BCUT2D eigenvalue weighted by Gasteiger charge is 2.28. The Morgan fingerprint density at radius 1 is 0.412 bits per heavy atom. The van der Waals surface area contributed by atoms with E-state index in [2.05, 4.69) is 45.1 Å². The highest BCUT2D eigenvalue weighted by molar-refractivity contribution is 7.47. The lowest BCUT2D eigenvalue weighted by Crippen LogP contribution is -2.30. The van der Waals surface area contributed by atoms with Crippen molar-refractivity contribution >= 4 is 25.7 Å². The maximum atomic E-state index is 12.9. The Hall–Kier alpha value is -2.04. The molecule has 11 nitrogen and oxygen atoms in total. The van der Waals surface area contributed by atoms with Crippen LogP contribution in [-0.4, -0.2) is 66.5 Å². The molecule has 0 aliphatic rings. The molecule has 0 aromatic carbocycles. The van der Waals surface area contributed by atoms with Gasteiger partial charge in [-0.05, 0) is 44.9 Å². The van der Waals surface area contributed by atoms with Gasteiger partial charge in [-0.3, -0.25) is 23.4 Å². The van der Waals surface area contributed by atoms with Crippen LogP contribution in [0.3, 0.4) is 0 Å². The molecule has 0 rings (SSSR count). The van der Waals surface area contributed by atoms with Gasteiger partial charge in [-0.2, -0.15) is 0 Å². The predicted octanol–water partition coefficient (Wildman–Crippen LogP) is 16.3. The molecular weight excluding hydrogens is 880 g/mol. The van der Waals surface area contributed by atoms with Crippen molar-refractivity contribution in [3.8, 4) is 0 Å². The zero-order valence-electron chi connectivity index (χ0n) is 44.1. The second-order valence-electron chi connectivity index (χ2n) is 19.1. The van der Waals surface area contributed by atoms with Crippen molar-refractivity contribution in [2.24, 2.45) is 0 Å². The van der Waals surface area contributed by atoms with Crippen LogP contribution in [0.15, 0.2) is 24.3 Å². The van der Waals surface area contributed by atoms with Crippen molar-refractivity contribution in [3.63, 3.8) is 0 Å². The van der Waals surface area contributed by atoms with Crippen LogP contribution in [0.1, 0.15) is 278 Å². The number of esters is 3. The van der Waals surface area contributed by atoms with Crippen molar-refractivity contribution in [1.82, 2.24) is 0 Å². The van der Waals surface area contributed by atoms with Gasteiger partial charge in [0.25, 0.3) is 0 Å². The average molecular weight is 985 g/mol. The van der Waals surface area contributed by atoms with E-state index in [-0.39, 0.29) is 25.9 Å². The van der Waals surface area contributed by atoms with Gasteiger partial charge >= 0.3 is 25.7 Å². The number of aliphatic hydroxyl groups excluding tert-OH is 1. The number of aliphatic hydroxyl groups is 1. The summed E-state index contributed by atoms with van der Waals surface area (Å²) in [5.41, 5.74) is 0. The number of carbonyl (C=O) groups is 3. The second-order valence-corrected chi connectivity index (χ2v) is 20.6. The number of rotatable bonds is 53. The number of phosphoric ester groups is 1. The van der Waals surface area contributed by atoms with E-state index in [0.29, 0.717) is 19.3 Å². The number of ether oxygens (including phenoxy) is 3. The lowest BCUT2D eigenvalue weighted by atomic mass is 10.0. The summed E-state index contributed by atoms with van der Waals surface area (Å²) in [5.74, 6) is -1.46. The molecule has 0 aromatic rings. The van der Waals surface area contributed by atoms with Gasteiger partial charge in [0.15, 0.2) is 6.10 Å². The van der Waals surface area contributed by atoms with Crippen LogP contribution >= 0.6 is 7.82 Å². The quantitative estimate of drug-likeness (QED) is 0.0197. The number of carbonyl (C=O) groups excluding carboxylic acids is 3. The molecule has 0 spiro atoms. The van der Waals surface area contributed by atoms with Gasteiger partial charge in [0.2, 0.25) is 0 Å². The molecule has 0 aliphatic heterocycles. The Balaban J connectivity index is 4.70. The van der Waals surface area contributed by atoms with Crippen LogP contribution in [0.5, 0.6) is 0 Å². The number of hydrogen-bond acceptors (Lipinski definition) is 10. The second kappa shape index (κ2) is 51.3. The normalized spacial score (nSPS) is 13.5. The minimum Gasteiger partial charge on any atom is -0.462 e. The molecule has 0 radical (unpaired) electrons. The van der Waals surface area contributed by atoms with Gasteiger partial charge in [-0.15, -0.1) is 0 Å². The fourth-order valence-corrected chi connectivity index (χ4v) is 8.83. The van der Waals surface area contributed by atoms with E-state index in [0.717, 1.165) is 83.5 Å². The van der Waals surface area contributed by atoms with Gasteiger partial charge in [0.05, 0.1) is 19.8 Å². The summed E-state index contributed by atoms with van der Waals surface area (Å²) >= 11 is 0. The van der Waals surface area contributed by atoms with Crippen LogP contribution < -0.4 is 0 Å². The monoisotopic (exact) mass is 985 g/mol. The zero-order valence-corrected chi connectivity index (χ0v) is 45.0. The first-order valence-corrected chi connectivity index (χ1v) is 29.7. The van der Waals surface area contributed by atoms with Crippen LogP contribution in [0.25, 0.3) is 0 Å². The fourth-order valence-electron chi connectivity index (χ4n) is 8.04. The van der Waals surface area contributed by atoms with E-state index < -0.39 is 57.8 Å². The van der Waals surface area contributed by atoms with E-state index in [4.69, 9.17) is 23.3 Å². The molecular formula is C56H105O11P. The first kappa shape index (κ1) is 66.0. The molecule has 0 saturated carbocycles. The molecule has 2 N–H and O–H groups in total. The Morgan fingerprint density at radius 3 is 1.15 bits per heavy atom. The summed E-state index contributed by atoms with van der Waals surface area (Å²) in [7, 11) is -4.74. The van der Waals surface area contributed by atoms with E-state index in [9.17, 15) is 28.9 Å². The van der Waals surface area contributed by atoms with Crippen molar-refractivity contribution in [2.75, 3.05) is 26.4 Å². The highest BCUT2D eigenvalue weighted by atomic mass is 31.2. The maximum absolute atomic E-state index is 12.9. The molecule has 0 heterocycles. The first-order chi connectivity index (χ1) is 33.2. The lowest BCUT2D eigenvalue weighted by molar-refractivity contribution is -0.161. The summed E-state index contributed by atoms with van der Waals surface area (Å²) in [6.45, 7) is 4.60. The van der Waals surface area contributed by atoms with E-state index in [1.54, 1.807) is 0 Å². The third-order valence-corrected chi connectivity index (χ3v) is 13.3. The summed E-state index contributed by atoms with van der Waals surface area (Å²) in [6, 6.07) is 0. The van der Waals surface area contributed by atoms with Gasteiger partial charge in [-0.1, -0.05) is 238 Å². The van der Waals surface area contributed by atoms with Crippen molar-refractivity contribution < 1.29 is 52.2 Å². The standard InChI is InChI=1S/C56H105O11P/c1-4-7-10-13-16-19-22-24-25-26-27-29-32-35-38-41-44-47-56(60)67-53(49-63-54(58)45-42-39-36-33-31-28-23-20-17-14-11-8-5-2)51-65-68(61,62)64-50-52(48-57)66-55(59)46-43-40-37-34-30-21-18-15-12-9-6-3/h11,14,20,23,52-53,57H,4-10,12-13,15-19,21-22,24-51H2,1-3H3,(H,61,62)/b14-11-,23-20-. The predicted molar refractivity (Wildman–Crippen MR) is 280 cm³/mol. The van der Waals surface area contributed by atoms with Crippen LogP contribution in [0.2, 0.25) is 0 Å². The fraction of sp³-hybridized carbons (Fsp3) is 0.875. The van der Waals surface area contributed by atoms with Gasteiger partial charge in [-0.25, -0.2) is 4.57 Å². The Kier molecular flexibility index (Phi) is 49.8. The maximum Gasteiger partial charge on any atom is 0.472 e. The van der Waals surface area contributed by atoms with Gasteiger partial charge < -0.3 is 24.2 Å². The smallest absolute Gasteiger partial charge is 0.462 e. The van der Waals surface area contributed by atoms with Crippen LogP contribution in [-0.2, 0) is 42.2 Å². The molecule has 0 aromatic heterocycles. The molecule has 0 saturated heterocycles. The molecule has 0 amide bonds. The topological polar surface area (TPSA) is 155 Å². The SMILES string of the molecule is CCC/C=C\C/C=C\CCCCCCCC(=O)OCC(COP(=O)(O)OCC(CO)OC(=O)CCCCCCCCCCCCC)OC(=O)CCCCCCCCCCCCCCCCCCC. The number of phosphoric acid groups is 1. The molecule has 68 heavy (non-hydrogen) atoms. The summed E-state index contributed by atoms with van der Waals surface area (Å²) in [4.78, 5) is 48.4. The van der Waals surface area contributed by atoms with Gasteiger partial charge in [0.1, 0.15) is 12.7 Å². The average Bonchev–Trinajstić information content (AvgIpc) is 3.32. The molecule has 0 aliphatic carbocycles. The third kappa shape index (κ3) is 49.0. The summed E-state index contributed by atoms with van der Waals surface area (Å²) in [6.07, 6.45) is 50.0. The van der Waals surface area contributed by atoms with Crippen molar-refractivity contribution in [2.45, 2.75) is 290 Å².